The van der Waals surface area contributed by atoms with Gasteiger partial charge in [0.05, 0.1) is 20.9 Å². The van der Waals surface area contributed by atoms with Crippen LogP contribution in [0.25, 0.3) is 21.5 Å². The van der Waals surface area contributed by atoms with Crippen LogP contribution in [0.2, 0.25) is 0 Å². The minimum Gasteiger partial charge on any atom is -0.507 e. The van der Waals surface area contributed by atoms with Crippen LogP contribution in [-0.4, -0.2) is 73.7 Å². The quantitative estimate of drug-likeness (QED) is 0.0809. The van der Waals surface area contributed by atoms with Gasteiger partial charge in [-0.3, -0.25) is 27.8 Å². The van der Waals surface area contributed by atoms with Crippen molar-refractivity contribution in [1.29, 1.82) is 0 Å². The number of fused-ring (bicyclic) bond motifs is 2. The number of aromatic hydroxyl groups is 2. The third kappa shape index (κ3) is 7.90. The fourth-order valence-corrected chi connectivity index (χ4v) is 8.11. The lowest BCUT2D eigenvalue weighted by Crippen LogP contribution is -2.07. The Balaban J connectivity index is 1.38. The summed E-state index contributed by atoms with van der Waals surface area (Å²) in [6.07, 6.45) is 0. The Morgan fingerprint density at radius 2 is 0.800 bits per heavy atom. The number of hydrogen-bond donors (Lipinski definition) is 6. The van der Waals surface area contributed by atoms with Gasteiger partial charge in [0.15, 0.2) is 11.6 Å². The number of carbonyl (C=O) groups excluding carboxylic acids is 2. The van der Waals surface area contributed by atoms with Crippen molar-refractivity contribution in [3.8, 4) is 23.0 Å². The molecule has 0 fully saturated rings. The lowest BCUT2D eigenvalue weighted by molar-refractivity contribution is 0.102. The van der Waals surface area contributed by atoms with E-state index in [1.807, 2.05) is 0 Å². The Kier molecular flexibility index (Phi) is 9.56. The van der Waals surface area contributed by atoms with Crippen LogP contribution in [0.1, 0.15) is 31.8 Å². The number of phenolic OH excluding ortho intramolecular Hbond substituents is 2. The number of phenols is 2. The molecule has 21 heteroatoms. The van der Waals surface area contributed by atoms with Gasteiger partial charge in [-0.2, -0.15) is 33.7 Å². The van der Waals surface area contributed by atoms with Gasteiger partial charge in [-0.25, -0.2) is 0 Å². The summed E-state index contributed by atoms with van der Waals surface area (Å²) in [6, 6.07) is 15.5. The van der Waals surface area contributed by atoms with Crippen LogP contribution in [0.15, 0.2) is 117 Å². The van der Waals surface area contributed by atoms with Crippen molar-refractivity contribution in [1.82, 2.24) is 0 Å². The highest BCUT2D eigenvalue weighted by Crippen LogP contribution is 2.35. The topological polar surface area (TPSA) is 301 Å². The van der Waals surface area contributed by atoms with E-state index in [0.29, 0.717) is 0 Å². The zero-order chi connectivity index (χ0) is 40.4. The maximum atomic E-state index is 13.6. The SMILES string of the molecule is O=C(c1cc(S(=O)(=O)O)c2ccc(S(=O)(=O)O)cc2c1)c1cc(Oc2ccc(O)c(C(=O)c3cc(S(=O)(=O)O)c4ccc(S(=O)(=O)O)cc4c3)c2)ccc1O. The first kappa shape index (κ1) is 38.9. The highest BCUT2D eigenvalue weighted by atomic mass is 32.2. The minimum absolute atomic E-state index is 0.174. The molecule has 284 valence electrons. The lowest BCUT2D eigenvalue weighted by Gasteiger charge is -2.13. The summed E-state index contributed by atoms with van der Waals surface area (Å²) in [5, 5.41) is 20.4. The molecule has 0 heterocycles. The smallest absolute Gasteiger partial charge is 0.295 e. The lowest BCUT2D eigenvalue weighted by atomic mass is 9.98. The van der Waals surface area contributed by atoms with Gasteiger partial charge in [0, 0.05) is 21.9 Å². The zero-order valence-corrected chi connectivity index (χ0v) is 30.3. The number of ether oxygens (including phenoxy) is 1. The van der Waals surface area contributed by atoms with E-state index in [1.165, 1.54) is 12.1 Å². The summed E-state index contributed by atoms with van der Waals surface area (Å²) in [5.74, 6) is -3.71. The second kappa shape index (κ2) is 13.5. The van der Waals surface area contributed by atoms with Gasteiger partial charge in [-0.1, -0.05) is 12.1 Å². The van der Waals surface area contributed by atoms with Crippen molar-refractivity contribution in [2.45, 2.75) is 19.6 Å². The summed E-state index contributed by atoms with van der Waals surface area (Å²) < 4.78 is 140. The van der Waals surface area contributed by atoms with Gasteiger partial charge in [-0.05, 0) is 95.7 Å². The van der Waals surface area contributed by atoms with Crippen LogP contribution in [0.3, 0.4) is 0 Å². The van der Waals surface area contributed by atoms with Crippen molar-refractivity contribution in [2.75, 3.05) is 0 Å². The summed E-state index contributed by atoms with van der Waals surface area (Å²) in [4.78, 5) is 24.4. The summed E-state index contributed by atoms with van der Waals surface area (Å²) >= 11 is 0. The summed E-state index contributed by atoms with van der Waals surface area (Å²) in [7, 11) is -19.6. The van der Waals surface area contributed by atoms with E-state index in [2.05, 4.69) is 0 Å². The Bertz CT molecular complexity index is 2910. The largest absolute Gasteiger partial charge is 0.507 e. The molecule has 0 radical (unpaired) electrons. The standard InChI is InChI=1S/C34H22O17S4/c35-29-7-1-21(15-27(29)33(37)19-9-17-11-23(52(39,40)41)3-5-25(17)31(13-19)54(45,46)47)51-22-2-8-30(36)28(16-22)34(38)20-10-18-12-24(53(42,43)44)4-6-26(18)32(14-20)55(48,49)50/h1-16,35-36H,(H,39,40,41)(H,42,43,44)(H,45,46,47)(H,48,49,50). The van der Waals surface area contributed by atoms with Crippen LogP contribution in [-0.2, 0) is 40.5 Å². The molecule has 0 bridgehead atoms. The minimum atomic E-state index is -5.01. The molecule has 6 N–H and O–H groups in total. The number of hydrogen-bond acceptors (Lipinski definition) is 13. The molecular weight excluding hydrogens is 809 g/mol. The molecule has 0 atom stereocenters. The van der Waals surface area contributed by atoms with Crippen LogP contribution in [0, 0.1) is 0 Å². The molecule has 6 aromatic carbocycles. The predicted octanol–water partition coefficient (Wildman–Crippen LogP) is 4.65. The highest BCUT2D eigenvalue weighted by molar-refractivity contribution is 7.86. The van der Waals surface area contributed by atoms with E-state index in [1.54, 1.807) is 0 Å². The third-order valence-electron chi connectivity index (χ3n) is 8.11. The van der Waals surface area contributed by atoms with Gasteiger partial charge < -0.3 is 14.9 Å². The van der Waals surface area contributed by atoms with E-state index in [9.17, 15) is 71.7 Å². The van der Waals surface area contributed by atoms with Gasteiger partial charge in [0.2, 0.25) is 0 Å². The normalized spacial score (nSPS) is 12.5. The first-order chi connectivity index (χ1) is 25.4. The predicted molar refractivity (Wildman–Crippen MR) is 190 cm³/mol. The molecule has 0 unspecified atom stereocenters. The van der Waals surface area contributed by atoms with Crippen LogP contribution < -0.4 is 4.74 Å². The molecular formula is C34H22O17S4. The van der Waals surface area contributed by atoms with E-state index < -0.39 is 105 Å². The second-order valence-corrected chi connectivity index (χ2v) is 17.4. The zero-order valence-electron chi connectivity index (χ0n) is 27.0. The van der Waals surface area contributed by atoms with Crippen molar-refractivity contribution in [2.24, 2.45) is 0 Å². The Labute approximate surface area is 310 Å². The van der Waals surface area contributed by atoms with Gasteiger partial charge in [-0.15, -0.1) is 0 Å². The monoisotopic (exact) mass is 830 g/mol. The third-order valence-corrected chi connectivity index (χ3v) is 11.6. The summed E-state index contributed by atoms with van der Waals surface area (Å²) in [6.45, 7) is 0. The second-order valence-electron chi connectivity index (χ2n) is 11.7. The fourth-order valence-electron chi connectivity index (χ4n) is 5.60. The van der Waals surface area contributed by atoms with E-state index in [4.69, 9.17) is 4.74 Å². The Hall–Kier alpha value is -5.78. The van der Waals surface area contributed by atoms with Gasteiger partial charge in [0.25, 0.3) is 40.5 Å². The fraction of sp³-hybridized carbons (Fsp3) is 0. The van der Waals surface area contributed by atoms with E-state index in [-0.39, 0.29) is 33.0 Å². The van der Waals surface area contributed by atoms with Crippen LogP contribution in [0.4, 0.5) is 0 Å². The van der Waals surface area contributed by atoms with Crippen LogP contribution in [0.5, 0.6) is 23.0 Å². The molecule has 0 saturated carbocycles. The van der Waals surface area contributed by atoms with Crippen molar-refractivity contribution in [3.05, 3.63) is 119 Å². The maximum absolute atomic E-state index is 13.6. The average molecular weight is 831 g/mol. The molecule has 6 rings (SSSR count). The highest BCUT2D eigenvalue weighted by Gasteiger charge is 2.25. The van der Waals surface area contributed by atoms with E-state index in [0.717, 1.165) is 84.9 Å². The molecule has 0 aliphatic carbocycles. The molecule has 0 aromatic heterocycles. The number of benzene rings is 6. The van der Waals surface area contributed by atoms with Crippen molar-refractivity contribution >= 4 is 73.6 Å². The summed E-state index contributed by atoms with van der Waals surface area (Å²) in [5.41, 5.74) is -1.89. The van der Waals surface area contributed by atoms with Gasteiger partial charge >= 0.3 is 0 Å². The average Bonchev–Trinajstić information content (AvgIpc) is 3.09. The number of carbonyl (C=O) groups is 2. The molecule has 0 spiro atoms. The molecule has 17 nitrogen and oxygen atoms in total. The Morgan fingerprint density at radius 3 is 1.13 bits per heavy atom. The first-order valence-corrected chi connectivity index (χ1v) is 20.7. The molecule has 0 amide bonds. The van der Waals surface area contributed by atoms with Crippen molar-refractivity contribution in [3.63, 3.8) is 0 Å². The molecule has 0 saturated heterocycles. The number of rotatable bonds is 10. The molecule has 0 aliphatic rings. The van der Waals surface area contributed by atoms with Crippen molar-refractivity contribution < 1.29 is 76.4 Å². The molecule has 0 aliphatic heterocycles. The van der Waals surface area contributed by atoms with Gasteiger partial charge in [0.1, 0.15) is 32.8 Å². The number of ketones is 2. The molecule has 55 heavy (non-hydrogen) atoms. The Morgan fingerprint density at radius 1 is 0.436 bits per heavy atom. The maximum Gasteiger partial charge on any atom is 0.295 e. The first-order valence-electron chi connectivity index (χ1n) is 14.9. The van der Waals surface area contributed by atoms with E-state index >= 15 is 0 Å². The van der Waals surface area contributed by atoms with Crippen LogP contribution >= 0.6 is 0 Å². The molecule has 6 aromatic rings.